The molecule has 0 aromatic carbocycles. The Kier molecular flexibility index (Phi) is 10.4. The molecule has 0 saturated heterocycles. The molecule has 1 fully saturated rings. The number of ketones is 1. The van der Waals surface area contributed by atoms with E-state index in [4.69, 9.17) is 8.85 Å². The first-order valence-corrected chi connectivity index (χ1v) is 18.5. The van der Waals surface area contributed by atoms with Crippen LogP contribution in [0.4, 0.5) is 0 Å². The predicted molar refractivity (Wildman–Crippen MR) is 144 cm³/mol. The predicted octanol–water partition coefficient (Wildman–Crippen LogP) is 8.29. The molecule has 0 amide bonds. The summed E-state index contributed by atoms with van der Waals surface area (Å²) >= 11 is 0. The molecule has 3 nitrogen and oxygen atoms in total. The van der Waals surface area contributed by atoms with Crippen LogP contribution in [0.25, 0.3) is 0 Å². The quantitative estimate of drug-likeness (QED) is 0.129. The van der Waals surface area contributed by atoms with Gasteiger partial charge in [-0.05, 0) is 55.2 Å². The van der Waals surface area contributed by atoms with E-state index >= 15 is 0 Å². The van der Waals surface area contributed by atoms with Crippen LogP contribution in [0.5, 0.6) is 0 Å². The fraction of sp³-hybridized carbons (Fsp3) is 0.815. The van der Waals surface area contributed by atoms with Crippen molar-refractivity contribution in [2.45, 2.75) is 129 Å². The van der Waals surface area contributed by atoms with Crippen molar-refractivity contribution in [1.29, 1.82) is 0 Å². The van der Waals surface area contributed by atoms with E-state index in [1.54, 1.807) is 0 Å². The number of allylic oxidation sites excluding steroid dienone is 1. The fourth-order valence-corrected chi connectivity index (χ4v) is 6.54. The van der Waals surface area contributed by atoms with Gasteiger partial charge in [0.05, 0.1) is 12.2 Å². The molecule has 0 aliphatic heterocycles. The van der Waals surface area contributed by atoms with Gasteiger partial charge in [0.25, 0.3) is 0 Å². The number of carbonyl (C=O) groups is 1. The number of unbranched alkanes of at least 4 members (excludes halogenated alkanes) is 2. The maximum Gasteiger partial charge on any atom is 0.192 e. The maximum atomic E-state index is 12.5. The average molecular weight is 481 g/mol. The average Bonchev–Trinajstić information content (AvgIpc) is 2.92. The first-order valence-electron chi connectivity index (χ1n) is 12.7. The third-order valence-electron chi connectivity index (χ3n) is 8.08. The van der Waals surface area contributed by atoms with E-state index in [-0.39, 0.29) is 39.9 Å². The second-order valence-electron chi connectivity index (χ2n) is 12.7. The molecule has 0 aromatic heterocycles. The van der Waals surface area contributed by atoms with Crippen LogP contribution in [0.3, 0.4) is 0 Å². The molecule has 0 heterocycles. The van der Waals surface area contributed by atoms with E-state index < -0.39 is 16.6 Å². The smallest absolute Gasteiger partial charge is 0.192 e. The first-order chi connectivity index (χ1) is 14.5. The van der Waals surface area contributed by atoms with Gasteiger partial charge >= 0.3 is 0 Å². The Morgan fingerprint density at radius 3 is 1.78 bits per heavy atom. The van der Waals surface area contributed by atoms with Gasteiger partial charge in [0, 0.05) is 18.3 Å². The van der Waals surface area contributed by atoms with Crippen molar-refractivity contribution in [3.63, 3.8) is 0 Å². The number of hydrogen-bond donors (Lipinski definition) is 0. The number of hydrogen-bond acceptors (Lipinski definition) is 3. The normalized spacial score (nSPS) is 25.5. The first kappa shape index (κ1) is 29.5. The highest BCUT2D eigenvalue weighted by atomic mass is 28.4. The van der Waals surface area contributed by atoms with Crippen molar-refractivity contribution in [3.05, 3.63) is 24.8 Å². The molecule has 0 aromatic rings. The number of rotatable bonds is 11. The van der Waals surface area contributed by atoms with Gasteiger partial charge in [0.2, 0.25) is 0 Å². The summed E-state index contributed by atoms with van der Waals surface area (Å²) in [5.74, 6) is 0.520. The van der Waals surface area contributed by atoms with Crippen LogP contribution in [0.1, 0.15) is 80.6 Å². The number of carbonyl (C=O) groups excluding carboxylic acids is 1. The van der Waals surface area contributed by atoms with E-state index in [0.29, 0.717) is 6.42 Å². The molecule has 32 heavy (non-hydrogen) atoms. The van der Waals surface area contributed by atoms with Crippen LogP contribution in [-0.2, 0) is 13.6 Å². The second-order valence-corrected chi connectivity index (χ2v) is 22.3. The fourth-order valence-electron chi connectivity index (χ4n) is 3.81. The van der Waals surface area contributed by atoms with Gasteiger partial charge in [0.15, 0.2) is 22.4 Å². The molecule has 186 valence electrons. The van der Waals surface area contributed by atoms with Gasteiger partial charge in [-0.2, -0.15) is 0 Å². The topological polar surface area (TPSA) is 35.5 Å². The zero-order chi connectivity index (χ0) is 25.0. The van der Waals surface area contributed by atoms with E-state index in [1.807, 2.05) is 12.2 Å². The minimum Gasteiger partial charge on any atom is -0.413 e. The molecule has 5 heteroatoms. The van der Waals surface area contributed by atoms with Crippen molar-refractivity contribution < 1.29 is 13.6 Å². The zero-order valence-electron chi connectivity index (χ0n) is 23.0. The second kappa shape index (κ2) is 11.3. The lowest BCUT2D eigenvalue weighted by atomic mass is 9.93. The van der Waals surface area contributed by atoms with Crippen LogP contribution in [0, 0.1) is 11.8 Å². The van der Waals surface area contributed by atoms with Gasteiger partial charge < -0.3 is 8.85 Å². The molecule has 0 radical (unpaired) electrons. The Hall–Kier alpha value is -0.496. The summed E-state index contributed by atoms with van der Waals surface area (Å²) in [6.07, 6.45) is 10.8. The molecule has 1 saturated carbocycles. The van der Waals surface area contributed by atoms with Crippen LogP contribution >= 0.6 is 0 Å². The summed E-state index contributed by atoms with van der Waals surface area (Å²) in [6.45, 7) is 29.3. The molecule has 4 atom stereocenters. The van der Waals surface area contributed by atoms with Gasteiger partial charge in [0.1, 0.15) is 0 Å². The third kappa shape index (κ3) is 7.78. The molecule has 0 unspecified atom stereocenters. The minimum absolute atomic E-state index is 0.0633. The highest BCUT2D eigenvalue weighted by Gasteiger charge is 2.49. The molecule has 0 bridgehead atoms. The molecule has 1 rings (SSSR count). The Bertz CT molecular complexity index is 653. The summed E-state index contributed by atoms with van der Waals surface area (Å²) in [6, 6.07) is 0. The summed E-state index contributed by atoms with van der Waals surface area (Å²) in [5, 5.41) is 0.289. The van der Waals surface area contributed by atoms with Gasteiger partial charge in [-0.15, -0.1) is 6.58 Å². The monoisotopic (exact) mass is 480 g/mol. The van der Waals surface area contributed by atoms with E-state index in [9.17, 15) is 4.79 Å². The largest absolute Gasteiger partial charge is 0.413 e. The molecule has 1 aliphatic carbocycles. The van der Waals surface area contributed by atoms with Crippen molar-refractivity contribution in [1.82, 2.24) is 0 Å². The summed E-state index contributed by atoms with van der Waals surface area (Å²) < 4.78 is 13.8. The lowest BCUT2D eigenvalue weighted by Crippen LogP contribution is -2.45. The van der Waals surface area contributed by atoms with Crippen molar-refractivity contribution in [3.8, 4) is 0 Å². The SMILES string of the molecule is C=C[C@@H]1[C@H](/C=C/C(=O)CCCCC)[C@H](O[Si](C)(C)C(C)(C)C)C[C@@H]1O[Si](C)(C)C(C)(C)C. The zero-order valence-corrected chi connectivity index (χ0v) is 25.0. The van der Waals surface area contributed by atoms with E-state index in [2.05, 4.69) is 87.3 Å². The minimum atomic E-state index is -1.96. The Morgan fingerprint density at radius 1 is 0.906 bits per heavy atom. The molecule has 1 aliphatic rings. The van der Waals surface area contributed by atoms with Crippen molar-refractivity contribution in [2.24, 2.45) is 11.8 Å². The molecular formula is C27H52O3Si2. The lowest BCUT2D eigenvalue weighted by Gasteiger charge is -2.40. The van der Waals surface area contributed by atoms with E-state index in [1.165, 1.54) is 0 Å². The van der Waals surface area contributed by atoms with Crippen LogP contribution in [-0.4, -0.2) is 34.6 Å². The lowest BCUT2D eigenvalue weighted by molar-refractivity contribution is -0.114. The highest BCUT2D eigenvalue weighted by molar-refractivity contribution is 6.74. The van der Waals surface area contributed by atoms with Crippen LogP contribution in [0.2, 0.25) is 36.3 Å². The molecular weight excluding hydrogens is 428 g/mol. The molecule has 0 spiro atoms. The summed E-state index contributed by atoms with van der Waals surface area (Å²) in [7, 11) is -3.89. The van der Waals surface area contributed by atoms with Gasteiger partial charge in [-0.1, -0.05) is 73.5 Å². The summed E-state index contributed by atoms with van der Waals surface area (Å²) in [4.78, 5) is 12.5. The molecule has 0 N–H and O–H groups in total. The standard InChI is InChI=1S/C27H52O3Si2/c1-13-15-16-17-21(28)18-19-23-22(14-2)24(29-31(9,10)26(3,4)5)20-25(23)30-32(11,12)27(6,7)8/h14,18-19,22-25H,2,13,15-17,20H2,1,3-12H3/b19-18+/t22-,23+,24+,25-/m1/s1. The van der Waals surface area contributed by atoms with Crippen molar-refractivity contribution >= 4 is 22.4 Å². The van der Waals surface area contributed by atoms with Gasteiger partial charge in [-0.3, -0.25) is 4.79 Å². The van der Waals surface area contributed by atoms with Crippen LogP contribution < -0.4 is 0 Å². The Morgan fingerprint density at radius 2 is 1.38 bits per heavy atom. The van der Waals surface area contributed by atoms with E-state index in [0.717, 1.165) is 25.7 Å². The third-order valence-corrected chi connectivity index (χ3v) is 17.1. The highest BCUT2D eigenvalue weighted by Crippen LogP contribution is 2.47. The van der Waals surface area contributed by atoms with Crippen molar-refractivity contribution in [2.75, 3.05) is 0 Å². The summed E-state index contributed by atoms with van der Waals surface area (Å²) in [5.41, 5.74) is 0. The Balaban J connectivity index is 3.19. The maximum absolute atomic E-state index is 12.5. The Labute approximate surface area is 201 Å². The van der Waals surface area contributed by atoms with Gasteiger partial charge in [-0.25, -0.2) is 0 Å². The van der Waals surface area contributed by atoms with Crippen LogP contribution in [0.15, 0.2) is 24.8 Å².